The van der Waals surface area contributed by atoms with E-state index in [1.54, 1.807) is 7.11 Å². The minimum absolute atomic E-state index is 0.102. The Morgan fingerprint density at radius 2 is 1.77 bits per heavy atom. The van der Waals surface area contributed by atoms with E-state index in [4.69, 9.17) is 9.47 Å². The van der Waals surface area contributed by atoms with Crippen molar-refractivity contribution in [2.24, 2.45) is 0 Å². The second-order valence-electron chi connectivity index (χ2n) is 7.19. The van der Waals surface area contributed by atoms with Gasteiger partial charge in [-0.05, 0) is 47.9 Å². The van der Waals surface area contributed by atoms with Crippen LogP contribution in [0.3, 0.4) is 0 Å². The van der Waals surface area contributed by atoms with Crippen molar-refractivity contribution in [3.05, 3.63) is 83.4 Å². The first-order valence-electron chi connectivity index (χ1n) is 9.74. The highest BCUT2D eigenvalue weighted by atomic mass is 16.5. The number of nitrogens with one attached hydrogen (secondary N) is 1. The number of methoxy groups -OCH3 is 1. The van der Waals surface area contributed by atoms with Crippen molar-refractivity contribution in [3.8, 4) is 22.8 Å². The van der Waals surface area contributed by atoms with Crippen molar-refractivity contribution < 1.29 is 19.4 Å². The molecule has 1 heterocycles. The van der Waals surface area contributed by atoms with Gasteiger partial charge in [0.05, 0.1) is 19.2 Å². The second kappa shape index (κ2) is 8.33. The monoisotopic (exact) mass is 401 g/mol. The molecule has 0 atom stereocenters. The summed E-state index contributed by atoms with van der Waals surface area (Å²) < 4.78 is 11.5. The number of fused-ring (bicyclic) bond motifs is 1. The Bertz CT molecular complexity index is 1190. The number of benzene rings is 3. The van der Waals surface area contributed by atoms with Crippen LogP contribution in [0.4, 0.5) is 0 Å². The van der Waals surface area contributed by atoms with Gasteiger partial charge in [0.2, 0.25) is 0 Å². The molecule has 0 fully saturated rings. The van der Waals surface area contributed by atoms with Gasteiger partial charge in [0.25, 0.3) is 0 Å². The minimum Gasteiger partial charge on any atom is -0.497 e. The highest BCUT2D eigenvalue weighted by Gasteiger charge is 2.20. The molecule has 4 aromatic rings. The molecule has 4 rings (SSSR count). The van der Waals surface area contributed by atoms with Crippen LogP contribution in [0.25, 0.3) is 22.2 Å². The van der Waals surface area contributed by atoms with E-state index in [1.165, 1.54) is 0 Å². The van der Waals surface area contributed by atoms with E-state index < -0.39 is 5.97 Å². The van der Waals surface area contributed by atoms with Crippen molar-refractivity contribution in [3.63, 3.8) is 0 Å². The second-order valence-corrected chi connectivity index (χ2v) is 7.19. The summed E-state index contributed by atoms with van der Waals surface area (Å²) in [5.74, 6) is 0.510. The van der Waals surface area contributed by atoms with Gasteiger partial charge in [0.1, 0.15) is 18.1 Å². The summed E-state index contributed by atoms with van der Waals surface area (Å²) in [6.07, 6.45) is -0.102. The van der Waals surface area contributed by atoms with Crippen molar-refractivity contribution in [1.82, 2.24) is 4.98 Å². The van der Waals surface area contributed by atoms with Crippen LogP contribution in [0.1, 0.15) is 16.7 Å². The van der Waals surface area contributed by atoms with Crippen LogP contribution in [0, 0.1) is 6.92 Å². The predicted molar refractivity (Wildman–Crippen MR) is 117 cm³/mol. The SMILES string of the molecule is COc1cc(C)c2[nH]c(-c3ccccc3OCc3ccccc3)c(CC(=O)O)c2c1. The Balaban J connectivity index is 1.83. The molecule has 0 unspecified atom stereocenters. The first-order chi connectivity index (χ1) is 14.6. The summed E-state index contributed by atoms with van der Waals surface area (Å²) in [6.45, 7) is 2.41. The molecule has 30 heavy (non-hydrogen) atoms. The Morgan fingerprint density at radius 3 is 2.50 bits per heavy atom. The lowest BCUT2D eigenvalue weighted by Gasteiger charge is -2.12. The van der Waals surface area contributed by atoms with Crippen molar-refractivity contribution in [2.75, 3.05) is 7.11 Å². The van der Waals surface area contributed by atoms with Gasteiger partial charge >= 0.3 is 5.97 Å². The largest absolute Gasteiger partial charge is 0.497 e. The van der Waals surface area contributed by atoms with Gasteiger partial charge in [-0.1, -0.05) is 42.5 Å². The van der Waals surface area contributed by atoms with E-state index in [1.807, 2.05) is 73.7 Å². The Labute approximate surface area is 174 Å². The number of carboxylic acid groups (broad SMARTS) is 1. The van der Waals surface area contributed by atoms with Crippen LogP contribution in [-0.4, -0.2) is 23.2 Å². The maximum absolute atomic E-state index is 11.7. The molecule has 2 N–H and O–H groups in total. The van der Waals surface area contributed by atoms with Crippen molar-refractivity contribution in [1.29, 1.82) is 0 Å². The Hall–Kier alpha value is -3.73. The standard InChI is InChI=1S/C25H23NO4/c1-16-12-18(29-2)13-20-21(14-23(27)28)25(26-24(16)20)19-10-6-7-11-22(19)30-15-17-8-4-3-5-9-17/h3-13,26H,14-15H2,1-2H3,(H,27,28). The van der Waals surface area contributed by atoms with E-state index >= 15 is 0 Å². The molecule has 0 amide bonds. The predicted octanol–water partition coefficient (Wildman–Crippen LogP) is 5.36. The number of carbonyl (C=O) groups is 1. The fourth-order valence-electron chi connectivity index (χ4n) is 3.71. The lowest BCUT2D eigenvalue weighted by Crippen LogP contribution is -2.02. The Kier molecular flexibility index (Phi) is 5.44. The van der Waals surface area contributed by atoms with Crippen LogP contribution in [0.15, 0.2) is 66.7 Å². The number of H-pyrrole nitrogens is 1. The number of hydrogen-bond donors (Lipinski definition) is 2. The number of rotatable bonds is 7. The number of para-hydroxylation sites is 1. The highest BCUT2D eigenvalue weighted by Crippen LogP contribution is 2.38. The maximum atomic E-state index is 11.7. The smallest absolute Gasteiger partial charge is 0.307 e. The lowest BCUT2D eigenvalue weighted by atomic mass is 10.0. The van der Waals surface area contributed by atoms with Gasteiger partial charge in [-0.3, -0.25) is 4.79 Å². The van der Waals surface area contributed by atoms with Crippen LogP contribution in [-0.2, 0) is 17.8 Å². The third kappa shape index (κ3) is 3.87. The molecule has 0 aliphatic carbocycles. The molecule has 0 aliphatic heterocycles. The summed E-state index contributed by atoms with van der Waals surface area (Å²) >= 11 is 0. The number of aromatic nitrogens is 1. The van der Waals surface area contributed by atoms with Gasteiger partial charge in [-0.15, -0.1) is 0 Å². The average Bonchev–Trinajstić information content (AvgIpc) is 3.11. The zero-order valence-corrected chi connectivity index (χ0v) is 16.9. The number of carboxylic acids is 1. The molecule has 152 valence electrons. The fourth-order valence-corrected chi connectivity index (χ4v) is 3.71. The van der Waals surface area contributed by atoms with Gasteiger partial charge in [-0.2, -0.15) is 0 Å². The number of aliphatic carboxylic acids is 1. The van der Waals surface area contributed by atoms with E-state index in [0.717, 1.165) is 38.9 Å². The maximum Gasteiger partial charge on any atom is 0.307 e. The van der Waals surface area contributed by atoms with Gasteiger partial charge in [-0.25, -0.2) is 0 Å². The molecule has 5 nitrogen and oxygen atoms in total. The van der Waals surface area contributed by atoms with E-state index in [0.29, 0.717) is 18.1 Å². The third-order valence-electron chi connectivity index (χ3n) is 5.14. The van der Waals surface area contributed by atoms with Crippen LogP contribution >= 0.6 is 0 Å². The zero-order valence-electron chi connectivity index (χ0n) is 16.9. The molecular weight excluding hydrogens is 378 g/mol. The summed E-state index contributed by atoms with van der Waals surface area (Å²) in [6, 6.07) is 21.5. The highest BCUT2D eigenvalue weighted by molar-refractivity contribution is 5.97. The van der Waals surface area contributed by atoms with Crippen LogP contribution in [0.5, 0.6) is 11.5 Å². The average molecular weight is 401 g/mol. The molecule has 0 spiro atoms. The van der Waals surface area contributed by atoms with E-state index in [2.05, 4.69) is 4.98 Å². The van der Waals surface area contributed by atoms with E-state index in [9.17, 15) is 9.90 Å². The van der Waals surface area contributed by atoms with Gasteiger partial charge in [0.15, 0.2) is 0 Å². The summed E-state index contributed by atoms with van der Waals surface area (Å²) in [5, 5.41) is 10.4. The first-order valence-corrected chi connectivity index (χ1v) is 9.74. The molecule has 3 aromatic carbocycles. The van der Waals surface area contributed by atoms with Gasteiger partial charge < -0.3 is 19.6 Å². The Morgan fingerprint density at radius 1 is 1.03 bits per heavy atom. The summed E-state index contributed by atoms with van der Waals surface area (Å²) in [7, 11) is 1.61. The third-order valence-corrected chi connectivity index (χ3v) is 5.14. The summed E-state index contributed by atoms with van der Waals surface area (Å²) in [5.41, 5.74) is 5.27. The molecular formula is C25H23NO4. The number of aryl methyl sites for hydroxylation is 1. The number of aromatic amines is 1. The summed E-state index contributed by atoms with van der Waals surface area (Å²) in [4.78, 5) is 15.1. The van der Waals surface area contributed by atoms with Crippen LogP contribution in [0.2, 0.25) is 0 Å². The fraction of sp³-hybridized carbons (Fsp3) is 0.160. The number of hydrogen-bond acceptors (Lipinski definition) is 3. The lowest BCUT2D eigenvalue weighted by molar-refractivity contribution is -0.136. The molecule has 0 aliphatic rings. The molecule has 1 aromatic heterocycles. The van der Waals surface area contributed by atoms with Crippen LogP contribution < -0.4 is 9.47 Å². The van der Waals surface area contributed by atoms with Gasteiger partial charge in [0, 0.05) is 16.5 Å². The van der Waals surface area contributed by atoms with E-state index in [-0.39, 0.29) is 6.42 Å². The van der Waals surface area contributed by atoms with Crippen molar-refractivity contribution >= 4 is 16.9 Å². The number of ether oxygens (including phenoxy) is 2. The molecule has 5 heteroatoms. The molecule has 0 saturated heterocycles. The molecule has 0 saturated carbocycles. The molecule has 0 bridgehead atoms. The van der Waals surface area contributed by atoms with Crippen molar-refractivity contribution in [2.45, 2.75) is 20.0 Å². The topological polar surface area (TPSA) is 71.5 Å². The zero-order chi connectivity index (χ0) is 21.1. The molecule has 0 radical (unpaired) electrons. The first kappa shape index (κ1) is 19.6. The quantitative estimate of drug-likeness (QED) is 0.437. The normalized spacial score (nSPS) is 10.9. The minimum atomic E-state index is -0.889.